The van der Waals surface area contributed by atoms with Crippen molar-refractivity contribution in [2.45, 2.75) is 26.1 Å². The predicted molar refractivity (Wildman–Crippen MR) is 69.6 cm³/mol. The molecule has 0 aromatic heterocycles. The first-order chi connectivity index (χ1) is 9.11. The number of aliphatic hydroxyl groups excluding tert-OH is 2. The fourth-order valence-corrected chi connectivity index (χ4v) is 0. The molecule has 0 amide bonds. The summed E-state index contributed by atoms with van der Waals surface area (Å²) in [6.07, 6.45) is -2.69. The number of carboxylic acid groups (broad SMARTS) is 2. The molecule has 0 aliphatic heterocycles. The van der Waals surface area contributed by atoms with Crippen molar-refractivity contribution >= 4 is 11.9 Å². The van der Waals surface area contributed by atoms with Crippen molar-refractivity contribution in [3.8, 4) is 0 Å². The maximum Gasteiger partial charge on any atom is 2.00 e. The van der Waals surface area contributed by atoms with E-state index in [1.54, 1.807) is 0 Å². The summed E-state index contributed by atoms with van der Waals surface area (Å²) in [6.45, 7) is 4.66. The van der Waals surface area contributed by atoms with Crippen LogP contribution in [0, 0.1) is 0 Å². The van der Waals surface area contributed by atoms with Crippen LogP contribution in [-0.2, 0) is 30.7 Å². The first kappa shape index (κ1) is 32.4. The maximum absolute atomic E-state index is 9.34. The Morgan fingerprint density at radius 2 is 0.905 bits per heavy atom. The normalized spacial score (nSPS) is 10.7. The van der Waals surface area contributed by atoms with Crippen molar-refractivity contribution in [2.75, 3.05) is 26.2 Å². The molecular weight excluding hydrogens is 467 g/mol. The molecular formula is C10H26N4O6Pt. The van der Waals surface area contributed by atoms with E-state index in [1.165, 1.54) is 0 Å². The Morgan fingerprint density at radius 3 is 0.905 bits per heavy atom. The second kappa shape index (κ2) is 27.7. The van der Waals surface area contributed by atoms with Crippen molar-refractivity contribution in [1.82, 2.24) is 0 Å². The summed E-state index contributed by atoms with van der Waals surface area (Å²) in [6, 6.07) is 0. The third-order valence-electron chi connectivity index (χ3n) is 1.02. The largest absolute Gasteiger partial charge is 2.00 e. The molecule has 0 saturated carbocycles. The minimum Gasteiger partial charge on any atom is -0.547 e. The summed E-state index contributed by atoms with van der Waals surface area (Å²) in [4.78, 5) is 18.7. The zero-order valence-corrected chi connectivity index (χ0v) is 14.4. The molecule has 0 aromatic carbocycles. The number of rotatable bonds is 4. The molecule has 0 fully saturated rings. The monoisotopic (exact) mass is 493 g/mol. The number of aliphatic hydroxyl groups is 2. The van der Waals surface area contributed by atoms with E-state index < -0.39 is 24.1 Å². The molecule has 0 aromatic rings. The molecule has 0 rings (SSSR count). The van der Waals surface area contributed by atoms with Gasteiger partial charge in [-0.3, -0.25) is 0 Å². The molecule has 0 bridgehead atoms. The van der Waals surface area contributed by atoms with Gasteiger partial charge >= 0.3 is 21.1 Å². The van der Waals surface area contributed by atoms with Gasteiger partial charge in [-0.05, 0) is 13.8 Å². The van der Waals surface area contributed by atoms with Crippen molar-refractivity contribution < 1.29 is 51.1 Å². The van der Waals surface area contributed by atoms with Gasteiger partial charge in [0.25, 0.3) is 0 Å². The van der Waals surface area contributed by atoms with Gasteiger partial charge in [0.15, 0.2) is 0 Å². The zero-order chi connectivity index (χ0) is 17.1. The molecule has 0 spiro atoms. The molecule has 0 saturated heterocycles. The standard InChI is InChI=1S/2C3H6O3.2C2H8N2.Pt/c2*1-2(4)3(5)6;2*3-1-2-4;/h2*2,4H,1H3,(H,5,6);2*1-4H2;/q;;;;+2/p-2. The molecule has 10 N–H and O–H groups in total. The van der Waals surface area contributed by atoms with E-state index in [1.807, 2.05) is 0 Å². The molecule has 132 valence electrons. The van der Waals surface area contributed by atoms with Crippen LogP contribution in [0.25, 0.3) is 0 Å². The van der Waals surface area contributed by atoms with Crippen LogP contribution in [0.1, 0.15) is 13.8 Å². The SMILES string of the molecule is CC(O)C(=O)[O-].CC(O)C(=O)[O-].NCCN.NCCN.[Pt+2]. The van der Waals surface area contributed by atoms with Gasteiger partial charge < -0.3 is 52.9 Å². The van der Waals surface area contributed by atoms with Crippen LogP contribution in [0.5, 0.6) is 0 Å². The number of hydrogen-bond acceptors (Lipinski definition) is 10. The van der Waals surface area contributed by atoms with Crippen LogP contribution in [0.15, 0.2) is 0 Å². The van der Waals surface area contributed by atoms with Crippen LogP contribution >= 0.6 is 0 Å². The first-order valence-corrected chi connectivity index (χ1v) is 5.70. The third kappa shape index (κ3) is 66.5. The summed E-state index contributed by atoms with van der Waals surface area (Å²) in [5.41, 5.74) is 19.6. The Morgan fingerprint density at radius 1 is 0.810 bits per heavy atom. The summed E-state index contributed by atoms with van der Waals surface area (Å²) in [5, 5.41) is 34.6. The zero-order valence-electron chi connectivity index (χ0n) is 12.1. The molecule has 11 heteroatoms. The molecule has 2 unspecified atom stereocenters. The molecule has 0 aliphatic carbocycles. The fraction of sp³-hybridized carbons (Fsp3) is 0.800. The number of nitrogens with two attached hydrogens (primary N) is 4. The predicted octanol–water partition coefficient (Wildman–Crippen LogP) is -5.96. The summed E-state index contributed by atoms with van der Waals surface area (Å²) >= 11 is 0. The van der Waals surface area contributed by atoms with E-state index in [0.29, 0.717) is 26.2 Å². The summed E-state index contributed by atoms with van der Waals surface area (Å²) < 4.78 is 0. The van der Waals surface area contributed by atoms with Gasteiger partial charge in [-0.1, -0.05) is 0 Å². The Labute approximate surface area is 138 Å². The molecule has 10 nitrogen and oxygen atoms in total. The quantitative estimate of drug-likeness (QED) is 0.217. The Kier molecular flexibility index (Phi) is 42.7. The van der Waals surface area contributed by atoms with Crippen molar-refractivity contribution in [3.63, 3.8) is 0 Å². The van der Waals surface area contributed by atoms with Crippen LogP contribution in [-0.4, -0.2) is 60.5 Å². The van der Waals surface area contributed by atoms with Crippen molar-refractivity contribution in [3.05, 3.63) is 0 Å². The van der Waals surface area contributed by atoms with Gasteiger partial charge in [-0.25, -0.2) is 0 Å². The second-order valence-electron chi connectivity index (χ2n) is 3.14. The number of carbonyl (C=O) groups excluding carboxylic acids is 2. The first-order valence-electron chi connectivity index (χ1n) is 5.70. The number of carbonyl (C=O) groups is 2. The average Bonchev–Trinajstić information content (AvgIpc) is 2.39. The van der Waals surface area contributed by atoms with Gasteiger partial charge in [0, 0.05) is 26.2 Å². The van der Waals surface area contributed by atoms with Gasteiger partial charge in [0.2, 0.25) is 0 Å². The fourth-order valence-electron chi connectivity index (χ4n) is 0. The van der Waals surface area contributed by atoms with E-state index in [9.17, 15) is 19.8 Å². The smallest absolute Gasteiger partial charge is 0.547 e. The minimum absolute atomic E-state index is 0. The number of carboxylic acids is 2. The molecule has 0 heterocycles. The topological polar surface area (TPSA) is 225 Å². The third-order valence-corrected chi connectivity index (χ3v) is 1.02. The van der Waals surface area contributed by atoms with Crippen LogP contribution < -0.4 is 33.1 Å². The van der Waals surface area contributed by atoms with E-state index in [-0.39, 0.29) is 21.1 Å². The van der Waals surface area contributed by atoms with Gasteiger partial charge in [0.05, 0.1) is 24.1 Å². The Hall–Kier alpha value is -0.612. The second-order valence-corrected chi connectivity index (χ2v) is 3.14. The van der Waals surface area contributed by atoms with E-state index in [4.69, 9.17) is 33.1 Å². The van der Waals surface area contributed by atoms with E-state index in [2.05, 4.69) is 0 Å². The van der Waals surface area contributed by atoms with Crippen LogP contribution in [0.4, 0.5) is 0 Å². The molecule has 2 atom stereocenters. The van der Waals surface area contributed by atoms with E-state index >= 15 is 0 Å². The molecule has 0 aliphatic rings. The van der Waals surface area contributed by atoms with Gasteiger partial charge in [0.1, 0.15) is 0 Å². The number of aliphatic carboxylic acids is 2. The average molecular weight is 493 g/mol. The van der Waals surface area contributed by atoms with Crippen molar-refractivity contribution in [1.29, 1.82) is 0 Å². The summed E-state index contributed by atoms with van der Waals surface area (Å²) in [5.74, 6) is -2.87. The summed E-state index contributed by atoms with van der Waals surface area (Å²) in [7, 11) is 0. The maximum atomic E-state index is 9.34. The van der Waals surface area contributed by atoms with Crippen molar-refractivity contribution in [2.24, 2.45) is 22.9 Å². The molecule has 21 heavy (non-hydrogen) atoms. The van der Waals surface area contributed by atoms with E-state index in [0.717, 1.165) is 13.8 Å². The molecule has 0 radical (unpaired) electrons. The number of hydrogen-bond donors (Lipinski definition) is 6. The van der Waals surface area contributed by atoms with Crippen LogP contribution in [0.3, 0.4) is 0 Å². The van der Waals surface area contributed by atoms with Gasteiger partial charge in [-0.15, -0.1) is 0 Å². The van der Waals surface area contributed by atoms with Crippen LogP contribution in [0.2, 0.25) is 0 Å². The minimum atomic E-state index is -1.44. The Balaban J connectivity index is -0.0000000544. The van der Waals surface area contributed by atoms with Gasteiger partial charge in [-0.2, -0.15) is 0 Å². The Bertz CT molecular complexity index is 194.